The van der Waals surface area contributed by atoms with E-state index in [0.717, 1.165) is 6.54 Å². The zero-order valence-electron chi connectivity index (χ0n) is 12.9. The normalized spacial score (nSPS) is 18.0. The fourth-order valence-electron chi connectivity index (χ4n) is 2.53. The van der Waals surface area contributed by atoms with Gasteiger partial charge in [-0.25, -0.2) is 4.39 Å². The second-order valence-corrected chi connectivity index (χ2v) is 5.61. The summed E-state index contributed by atoms with van der Waals surface area (Å²) in [5, 5.41) is 3.29. The standard InChI is InChI=1S/C17H19FN2O3/c1-12-10-20(9-8-19-12)17(21)16-7-6-15(23-16)11-22-14-4-2-13(18)3-5-14/h2-7,12,19H,8-11H2,1H3. The van der Waals surface area contributed by atoms with Crippen molar-refractivity contribution in [2.45, 2.75) is 19.6 Å². The Morgan fingerprint density at radius 2 is 2.13 bits per heavy atom. The predicted molar refractivity (Wildman–Crippen MR) is 82.8 cm³/mol. The van der Waals surface area contributed by atoms with Gasteiger partial charge in [0, 0.05) is 25.7 Å². The summed E-state index contributed by atoms with van der Waals surface area (Å²) in [4.78, 5) is 14.2. The lowest BCUT2D eigenvalue weighted by Gasteiger charge is -2.31. The van der Waals surface area contributed by atoms with Crippen molar-refractivity contribution >= 4 is 5.91 Å². The molecule has 2 heterocycles. The van der Waals surface area contributed by atoms with E-state index in [0.29, 0.717) is 30.4 Å². The molecule has 23 heavy (non-hydrogen) atoms. The number of halogens is 1. The second kappa shape index (κ2) is 6.83. The number of furan rings is 1. The Kier molecular flexibility index (Phi) is 4.62. The van der Waals surface area contributed by atoms with Crippen LogP contribution < -0.4 is 10.1 Å². The molecule has 122 valence electrons. The van der Waals surface area contributed by atoms with Gasteiger partial charge in [0.2, 0.25) is 0 Å². The van der Waals surface area contributed by atoms with Crippen molar-refractivity contribution in [1.82, 2.24) is 10.2 Å². The summed E-state index contributed by atoms with van der Waals surface area (Å²) in [5.74, 6) is 1.00. The fraction of sp³-hybridized carbons (Fsp3) is 0.353. The first-order valence-electron chi connectivity index (χ1n) is 7.61. The summed E-state index contributed by atoms with van der Waals surface area (Å²) in [7, 11) is 0. The lowest BCUT2D eigenvalue weighted by molar-refractivity contribution is 0.0673. The van der Waals surface area contributed by atoms with E-state index in [9.17, 15) is 9.18 Å². The minimum absolute atomic E-state index is 0.105. The summed E-state index contributed by atoms with van der Waals surface area (Å²) in [5.41, 5.74) is 0. The summed E-state index contributed by atoms with van der Waals surface area (Å²) >= 11 is 0. The molecule has 1 fully saturated rings. The quantitative estimate of drug-likeness (QED) is 0.941. The number of piperazine rings is 1. The van der Waals surface area contributed by atoms with Crippen molar-refractivity contribution in [3.63, 3.8) is 0 Å². The second-order valence-electron chi connectivity index (χ2n) is 5.61. The molecule has 0 spiro atoms. The van der Waals surface area contributed by atoms with Crippen LogP contribution in [0.5, 0.6) is 5.75 Å². The molecule has 1 N–H and O–H groups in total. The number of carbonyl (C=O) groups is 1. The number of hydrogen-bond donors (Lipinski definition) is 1. The number of benzene rings is 1. The minimum atomic E-state index is -0.312. The molecule has 1 saturated heterocycles. The molecule has 1 aliphatic rings. The van der Waals surface area contributed by atoms with Gasteiger partial charge in [-0.05, 0) is 43.3 Å². The number of amides is 1. The van der Waals surface area contributed by atoms with E-state index in [-0.39, 0.29) is 24.4 Å². The van der Waals surface area contributed by atoms with Gasteiger partial charge in [-0.15, -0.1) is 0 Å². The number of ether oxygens (including phenoxy) is 1. The van der Waals surface area contributed by atoms with Crippen LogP contribution in [-0.4, -0.2) is 36.5 Å². The van der Waals surface area contributed by atoms with E-state index >= 15 is 0 Å². The molecule has 1 aliphatic heterocycles. The molecule has 0 saturated carbocycles. The monoisotopic (exact) mass is 318 g/mol. The van der Waals surface area contributed by atoms with Crippen molar-refractivity contribution in [3.05, 3.63) is 53.7 Å². The summed E-state index contributed by atoms with van der Waals surface area (Å²) < 4.78 is 23.9. The van der Waals surface area contributed by atoms with Crippen molar-refractivity contribution in [1.29, 1.82) is 0 Å². The molecule has 6 heteroatoms. The third kappa shape index (κ3) is 3.90. The number of nitrogens with zero attached hydrogens (tertiary/aromatic N) is 1. The molecule has 1 unspecified atom stereocenters. The van der Waals surface area contributed by atoms with Crippen molar-refractivity contribution in [2.24, 2.45) is 0 Å². The summed E-state index contributed by atoms with van der Waals surface area (Å²) in [6, 6.07) is 9.43. The Bertz CT molecular complexity index is 669. The zero-order valence-corrected chi connectivity index (χ0v) is 12.9. The van der Waals surface area contributed by atoms with Crippen LogP contribution in [0.4, 0.5) is 4.39 Å². The molecule has 5 nitrogen and oxygen atoms in total. The fourth-order valence-corrected chi connectivity index (χ4v) is 2.53. The van der Waals surface area contributed by atoms with E-state index in [1.54, 1.807) is 29.2 Å². The van der Waals surface area contributed by atoms with Gasteiger partial charge in [0.15, 0.2) is 5.76 Å². The number of nitrogens with one attached hydrogen (secondary N) is 1. The first kappa shape index (κ1) is 15.6. The highest BCUT2D eigenvalue weighted by atomic mass is 19.1. The van der Waals surface area contributed by atoms with Gasteiger partial charge in [-0.1, -0.05) is 0 Å². The Hall–Kier alpha value is -2.34. The molecule has 1 aromatic carbocycles. The first-order chi connectivity index (χ1) is 11.1. The van der Waals surface area contributed by atoms with Crippen molar-refractivity contribution in [2.75, 3.05) is 19.6 Å². The van der Waals surface area contributed by atoms with Crippen LogP contribution in [0.2, 0.25) is 0 Å². The zero-order chi connectivity index (χ0) is 16.2. The molecule has 1 amide bonds. The minimum Gasteiger partial charge on any atom is -0.486 e. The first-order valence-corrected chi connectivity index (χ1v) is 7.61. The molecule has 0 aliphatic carbocycles. The van der Waals surface area contributed by atoms with Gasteiger partial charge in [0.1, 0.15) is 23.9 Å². The van der Waals surface area contributed by atoms with E-state index in [1.165, 1.54) is 12.1 Å². The van der Waals surface area contributed by atoms with Crippen LogP contribution in [0.25, 0.3) is 0 Å². The summed E-state index contributed by atoms with van der Waals surface area (Å²) in [6.45, 7) is 4.36. The maximum atomic E-state index is 12.8. The maximum absolute atomic E-state index is 12.8. The van der Waals surface area contributed by atoms with Crippen LogP contribution >= 0.6 is 0 Å². The van der Waals surface area contributed by atoms with E-state index in [4.69, 9.17) is 9.15 Å². The van der Waals surface area contributed by atoms with Crippen LogP contribution in [0, 0.1) is 5.82 Å². The molecule has 0 bridgehead atoms. The Labute approximate surface area is 134 Å². The average molecular weight is 318 g/mol. The van der Waals surface area contributed by atoms with Crippen LogP contribution in [-0.2, 0) is 6.61 Å². The Morgan fingerprint density at radius 1 is 1.35 bits per heavy atom. The highest BCUT2D eigenvalue weighted by Crippen LogP contribution is 2.16. The molecule has 1 aromatic heterocycles. The lowest BCUT2D eigenvalue weighted by Crippen LogP contribution is -2.51. The Morgan fingerprint density at radius 3 is 2.87 bits per heavy atom. The SMILES string of the molecule is CC1CN(C(=O)c2ccc(COc3ccc(F)cc3)o2)CCN1. The topological polar surface area (TPSA) is 54.7 Å². The molecule has 3 rings (SSSR count). The van der Waals surface area contributed by atoms with E-state index in [1.807, 2.05) is 6.92 Å². The van der Waals surface area contributed by atoms with Crippen molar-refractivity contribution < 1.29 is 18.3 Å². The van der Waals surface area contributed by atoms with Gasteiger partial charge >= 0.3 is 0 Å². The van der Waals surface area contributed by atoms with Gasteiger partial charge < -0.3 is 19.4 Å². The third-order valence-corrected chi connectivity index (χ3v) is 3.72. The third-order valence-electron chi connectivity index (χ3n) is 3.72. The smallest absolute Gasteiger partial charge is 0.289 e. The average Bonchev–Trinajstić information content (AvgIpc) is 3.02. The van der Waals surface area contributed by atoms with Crippen molar-refractivity contribution in [3.8, 4) is 5.75 Å². The number of rotatable bonds is 4. The van der Waals surface area contributed by atoms with Gasteiger partial charge in [0.05, 0.1) is 0 Å². The molecular formula is C17H19FN2O3. The predicted octanol–water partition coefficient (Wildman–Crippen LogP) is 2.43. The highest BCUT2D eigenvalue weighted by Gasteiger charge is 2.23. The van der Waals surface area contributed by atoms with Gasteiger partial charge in [0.25, 0.3) is 5.91 Å². The number of carbonyl (C=O) groups excluding carboxylic acids is 1. The van der Waals surface area contributed by atoms with Gasteiger partial charge in [-0.2, -0.15) is 0 Å². The summed E-state index contributed by atoms with van der Waals surface area (Å²) in [6.07, 6.45) is 0. The molecule has 2 aromatic rings. The van der Waals surface area contributed by atoms with Gasteiger partial charge in [-0.3, -0.25) is 4.79 Å². The number of hydrogen-bond acceptors (Lipinski definition) is 4. The molecule has 1 atom stereocenters. The van der Waals surface area contributed by atoms with Crippen LogP contribution in [0.15, 0.2) is 40.8 Å². The van der Waals surface area contributed by atoms with Crippen LogP contribution in [0.3, 0.4) is 0 Å². The largest absolute Gasteiger partial charge is 0.486 e. The maximum Gasteiger partial charge on any atom is 0.289 e. The molecular weight excluding hydrogens is 299 g/mol. The Balaban J connectivity index is 1.59. The van der Waals surface area contributed by atoms with E-state index < -0.39 is 0 Å². The van der Waals surface area contributed by atoms with Crippen LogP contribution in [0.1, 0.15) is 23.2 Å². The lowest BCUT2D eigenvalue weighted by atomic mass is 10.2. The molecule has 0 radical (unpaired) electrons. The highest BCUT2D eigenvalue weighted by molar-refractivity contribution is 5.91. The van der Waals surface area contributed by atoms with E-state index in [2.05, 4.69) is 5.32 Å².